The quantitative estimate of drug-likeness (QED) is 0.416. The van der Waals surface area contributed by atoms with Crippen LogP contribution >= 0.6 is 0 Å². The first kappa shape index (κ1) is 22.7. The number of nitrogens with zero attached hydrogens (tertiary/aromatic N) is 4. The van der Waals surface area contributed by atoms with Gasteiger partial charge in [0.15, 0.2) is 6.23 Å². The minimum Gasteiger partial charge on any atom is -0.494 e. The van der Waals surface area contributed by atoms with Crippen LogP contribution in [0.1, 0.15) is 20.7 Å². The zero-order chi connectivity index (χ0) is 24.4. The lowest BCUT2D eigenvalue weighted by Gasteiger charge is -2.36. The molecule has 35 heavy (non-hydrogen) atoms. The van der Waals surface area contributed by atoms with Gasteiger partial charge in [-0.05, 0) is 24.3 Å². The number of aromatic amines is 1. The molecule has 1 atom stereocenters. The largest absolute Gasteiger partial charge is 0.494 e. The van der Waals surface area contributed by atoms with E-state index < -0.39 is 12.0 Å². The fourth-order valence-electron chi connectivity index (χ4n) is 4.43. The number of hydrogen-bond acceptors (Lipinski definition) is 7. The number of benzene rings is 1. The van der Waals surface area contributed by atoms with Crippen LogP contribution in [-0.4, -0.2) is 81.1 Å². The molecule has 1 aliphatic rings. The number of nitrogens with one attached hydrogen (secondary N) is 1. The molecule has 0 radical (unpaired) electrons. The summed E-state index contributed by atoms with van der Waals surface area (Å²) in [5, 5.41) is 11.5. The SMILES string of the molecule is COc1cnc(-c2cccnc2)c2[nH]cc(C(=O)C(O)N3CCN(C(=O)c4ccccc4)CC3)c12. The van der Waals surface area contributed by atoms with Gasteiger partial charge in [0.25, 0.3) is 5.91 Å². The van der Waals surface area contributed by atoms with Gasteiger partial charge in [0, 0.05) is 55.9 Å². The van der Waals surface area contributed by atoms with Crippen LogP contribution in [0.3, 0.4) is 0 Å². The van der Waals surface area contributed by atoms with Gasteiger partial charge in [-0.25, -0.2) is 0 Å². The molecule has 3 aromatic heterocycles. The maximum Gasteiger partial charge on any atom is 0.253 e. The van der Waals surface area contributed by atoms with Gasteiger partial charge in [-0.2, -0.15) is 0 Å². The van der Waals surface area contributed by atoms with Crippen molar-refractivity contribution in [2.45, 2.75) is 6.23 Å². The fourth-order valence-corrected chi connectivity index (χ4v) is 4.43. The van der Waals surface area contributed by atoms with Gasteiger partial charge >= 0.3 is 0 Å². The summed E-state index contributed by atoms with van der Waals surface area (Å²) in [6.45, 7) is 1.61. The lowest BCUT2D eigenvalue weighted by atomic mass is 10.0. The number of ketones is 1. The number of H-pyrrole nitrogens is 1. The Hall–Kier alpha value is -4.08. The molecule has 1 amide bonds. The maximum absolute atomic E-state index is 13.4. The van der Waals surface area contributed by atoms with Gasteiger partial charge in [-0.3, -0.25) is 24.5 Å². The number of fused-ring (bicyclic) bond motifs is 1. The molecule has 4 aromatic rings. The van der Waals surface area contributed by atoms with Crippen molar-refractivity contribution in [1.29, 1.82) is 0 Å². The first-order valence-corrected chi connectivity index (χ1v) is 11.3. The second kappa shape index (κ2) is 9.65. The second-order valence-corrected chi connectivity index (χ2v) is 8.30. The number of amides is 1. The molecule has 0 bridgehead atoms. The van der Waals surface area contributed by atoms with Crippen molar-refractivity contribution >= 4 is 22.6 Å². The molecular formula is C26H25N5O4. The number of aliphatic hydroxyl groups is 1. The third-order valence-electron chi connectivity index (χ3n) is 6.30. The minimum absolute atomic E-state index is 0.0529. The number of ether oxygens (including phenoxy) is 1. The van der Waals surface area contributed by atoms with Gasteiger partial charge in [0.2, 0.25) is 5.78 Å². The zero-order valence-corrected chi connectivity index (χ0v) is 19.2. The van der Waals surface area contributed by atoms with Crippen LogP contribution in [0.25, 0.3) is 22.2 Å². The maximum atomic E-state index is 13.4. The van der Waals surface area contributed by atoms with Crippen molar-refractivity contribution in [3.63, 3.8) is 0 Å². The van der Waals surface area contributed by atoms with Crippen LogP contribution in [0.2, 0.25) is 0 Å². The highest BCUT2D eigenvalue weighted by molar-refractivity contribution is 6.13. The normalized spacial score (nSPS) is 15.2. The summed E-state index contributed by atoms with van der Waals surface area (Å²) in [6, 6.07) is 12.8. The fraction of sp³-hybridized carbons (Fsp3) is 0.231. The standard InChI is InChI=1S/C26H25N5O4/c1-35-20-16-29-22(18-8-5-9-27-14-18)23-21(20)19(15-28-23)24(32)26(34)31-12-10-30(11-13-31)25(33)17-6-3-2-4-7-17/h2-9,14-16,26,28,34H,10-13H2,1H3. The predicted octanol–water partition coefficient (Wildman–Crippen LogP) is 2.59. The molecule has 4 heterocycles. The van der Waals surface area contributed by atoms with Crippen LogP contribution < -0.4 is 4.74 Å². The number of aromatic nitrogens is 3. The van der Waals surface area contributed by atoms with Crippen LogP contribution in [0, 0.1) is 0 Å². The van der Waals surface area contributed by atoms with Crippen LogP contribution in [0.15, 0.2) is 67.3 Å². The summed E-state index contributed by atoms with van der Waals surface area (Å²) in [5.41, 5.74) is 3.00. The van der Waals surface area contributed by atoms with E-state index in [9.17, 15) is 14.7 Å². The molecule has 1 saturated heterocycles. The molecule has 0 spiro atoms. The van der Waals surface area contributed by atoms with E-state index in [4.69, 9.17) is 4.74 Å². The van der Waals surface area contributed by atoms with Gasteiger partial charge in [-0.15, -0.1) is 0 Å². The average molecular weight is 472 g/mol. The summed E-state index contributed by atoms with van der Waals surface area (Å²) in [4.78, 5) is 41.3. The van der Waals surface area contributed by atoms with E-state index >= 15 is 0 Å². The molecule has 2 N–H and O–H groups in total. The number of carbonyl (C=O) groups is 2. The van der Waals surface area contributed by atoms with E-state index in [2.05, 4.69) is 15.0 Å². The Kier molecular flexibility index (Phi) is 6.26. The monoisotopic (exact) mass is 471 g/mol. The lowest BCUT2D eigenvalue weighted by Crippen LogP contribution is -2.54. The van der Waals surface area contributed by atoms with E-state index in [1.165, 1.54) is 7.11 Å². The number of methoxy groups -OCH3 is 1. The predicted molar refractivity (Wildman–Crippen MR) is 130 cm³/mol. The third-order valence-corrected chi connectivity index (χ3v) is 6.30. The number of piperazine rings is 1. The molecule has 1 aliphatic heterocycles. The lowest BCUT2D eigenvalue weighted by molar-refractivity contribution is -0.00956. The topological polar surface area (TPSA) is 112 Å². The van der Waals surface area contributed by atoms with Crippen LogP contribution in [0.5, 0.6) is 5.75 Å². The zero-order valence-electron chi connectivity index (χ0n) is 19.2. The highest BCUT2D eigenvalue weighted by Crippen LogP contribution is 2.34. The van der Waals surface area contributed by atoms with E-state index in [0.29, 0.717) is 59.7 Å². The van der Waals surface area contributed by atoms with Crippen molar-refractivity contribution in [2.24, 2.45) is 0 Å². The van der Waals surface area contributed by atoms with E-state index in [1.54, 1.807) is 46.7 Å². The Labute approximate surface area is 202 Å². The molecule has 1 aromatic carbocycles. The minimum atomic E-state index is -1.34. The Bertz CT molecular complexity index is 1350. The Balaban J connectivity index is 1.36. The first-order chi connectivity index (χ1) is 17.1. The third kappa shape index (κ3) is 4.27. The molecule has 5 rings (SSSR count). The van der Waals surface area contributed by atoms with Crippen molar-refractivity contribution in [1.82, 2.24) is 24.8 Å². The number of carbonyl (C=O) groups excluding carboxylic acids is 2. The molecule has 0 aliphatic carbocycles. The summed E-state index contributed by atoms with van der Waals surface area (Å²) in [6.07, 6.45) is 5.17. The Morgan fingerprint density at radius 2 is 1.83 bits per heavy atom. The summed E-state index contributed by atoms with van der Waals surface area (Å²) in [5.74, 6) is -0.0636. The number of hydrogen-bond donors (Lipinski definition) is 2. The van der Waals surface area contributed by atoms with Gasteiger partial charge in [-0.1, -0.05) is 18.2 Å². The number of Topliss-reactive ketones (excluding diaryl/α,β-unsaturated/α-hetero) is 1. The van der Waals surface area contributed by atoms with Crippen molar-refractivity contribution in [2.75, 3.05) is 33.3 Å². The Morgan fingerprint density at radius 3 is 2.51 bits per heavy atom. The molecule has 0 saturated carbocycles. The molecule has 9 nitrogen and oxygen atoms in total. The summed E-state index contributed by atoms with van der Waals surface area (Å²) < 4.78 is 5.49. The van der Waals surface area contributed by atoms with Crippen molar-refractivity contribution < 1.29 is 19.4 Å². The number of pyridine rings is 2. The van der Waals surface area contributed by atoms with Gasteiger partial charge < -0.3 is 19.7 Å². The molecule has 9 heteroatoms. The van der Waals surface area contributed by atoms with Crippen molar-refractivity contribution in [3.8, 4) is 17.0 Å². The van der Waals surface area contributed by atoms with Crippen molar-refractivity contribution in [3.05, 3.63) is 78.4 Å². The highest BCUT2D eigenvalue weighted by Gasteiger charge is 2.32. The molecule has 1 fully saturated rings. The molecule has 1 unspecified atom stereocenters. The number of rotatable bonds is 6. The molecular weight excluding hydrogens is 446 g/mol. The second-order valence-electron chi connectivity index (χ2n) is 8.30. The van der Waals surface area contributed by atoms with Gasteiger partial charge in [0.05, 0.1) is 35.5 Å². The summed E-state index contributed by atoms with van der Waals surface area (Å²) in [7, 11) is 1.51. The van der Waals surface area contributed by atoms with E-state index in [-0.39, 0.29) is 5.91 Å². The van der Waals surface area contributed by atoms with Crippen LogP contribution in [-0.2, 0) is 0 Å². The number of aliphatic hydroxyl groups excluding tert-OH is 1. The smallest absolute Gasteiger partial charge is 0.253 e. The average Bonchev–Trinajstić information content (AvgIpc) is 3.38. The van der Waals surface area contributed by atoms with Gasteiger partial charge in [0.1, 0.15) is 5.75 Å². The van der Waals surface area contributed by atoms with Crippen LogP contribution in [0.4, 0.5) is 0 Å². The Morgan fingerprint density at radius 1 is 1.06 bits per heavy atom. The summed E-state index contributed by atoms with van der Waals surface area (Å²) >= 11 is 0. The first-order valence-electron chi connectivity index (χ1n) is 11.3. The molecule has 178 valence electrons. The highest BCUT2D eigenvalue weighted by atomic mass is 16.5. The van der Waals surface area contributed by atoms with E-state index in [0.717, 1.165) is 5.56 Å². The van der Waals surface area contributed by atoms with E-state index in [1.807, 2.05) is 30.3 Å².